The lowest BCUT2D eigenvalue weighted by molar-refractivity contribution is -0.383. The molecule has 1 aliphatic rings. The van der Waals surface area contributed by atoms with Crippen molar-refractivity contribution in [3.8, 4) is 11.5 Å². The SMILES string of the molecule is CCOC(=O)C1CCCN(c2ncnc(Nc3cc(Cl)c(OC)cc3OC)c2[N+](=O)[O-])C1. The summed E-state index contributed by atoms with van der Waals surface area (Å²) in [5.41, 5.74) is 0.0556. The predicted molar refractivity (Wildman–Crippen MR) is 118 cm³/mol. The largest absolute Gasteiger partial charge is 0.495 e. The number of methoxy groups -OCH3 is 2. The Balaban J connectivity index is 1.97. The number of carbonyl (C=O) groups excluding carboxylic acids is 1. The fraction of sp³-hybridized carbons (Fsp3) is 0.450. The number of benzene rings is 1. The molecule has 1 N–H and O–H groups in total. The third-order valence-electron chi connectivity index (χ3n) is 5.05. The fourth-order valence-corrected chi connectivity index (χ4v) is 3.81. The van der Waals surface area contributed by atoms with Gasteiger partial charge in [-0.05, 0) is 25.8 Å². The van der Waals surface area contributed by atoms with Gasteiger partial charge in [-0.15, -0.1) is 0 Å². The van der Waals surface area contributed by atoms with Gasteiger partial charge >= 0.3 is 11.7 Å². The number of nitro groups is 1. The van der Waals surface area contributed by atoms with Crippen LogP contribution in [0.2, 0.25) is 5.02 Å². The van der Waals surface area contributed by atoms with Crippen LogP contribution in [0.4, 0.5) is 23.0 Å². The zero-order chi connectivity index (χ0) is 23.3. The maximum Gasteiger partial charge on any atom is 0.353 e. The van der Waals surface area contributed by atoms with Crippen molar-refractivity contribution in [2.75, 3.05) is 44.1 Å². The van der Waals surface area contributed by atoms with Crippen molar-refractivity contribution < 1.29 is 23.9 Å². The number of rotatable bonds is 8. The van der Waals surface area contributed by atoms with Gasteiger partial charge in [-0.25, -0.2) is 9.97 Å². The number of hydrogen-bond donors (Lipinski definition) is 1. The van der Waals surface area contributed by atoms with E-state index in [-0.39, 0.29) is 42.4 Å². The number of piperidine rings is 1. The summed E-state index contributed by atoms with van der Waals surface area (Å²) in [6.07, 6.45) is 2.56. The molecule has 12 heteroatoms. The summed E-state index contributed by atoms with van der Waals surface area (Å²) in [6.45, 7) is 2.81. The molecular formula is C20H24ClN5O6. The Morgan fingerprint density at radius 2 is 2.06 bits per heavy atom. The molecule has 0 spiro atoms. The van der Waals surface area contributed by atoms with E-state index in [0.717, 1.165) is 0 Å². The summed E-state index contributed by atoms with van der Waals surface area (Å²) in [4.78, 5) is 33.6. The van der Waals surface area contributed by atoms with E-state index in [1.54, 1.807) is 17.9 Å². The molecule has 0 aliphatic carbocycles. The molecule has 0 amide bonds. The van der Waals surface area contributed by atoms with Gasteiger partial charge in [-0.2, -0.15) is 0 Å². The van der Waals surface area contributed by atoms with Gasteiger partial charge in [0.2, 0.25) is 11.6 Å². The molecule has 1 aromatic heterocycles. The Bertz CT molecular complexity index is 1000. The third-order valence-corrected chi connectivity index (χ3v) is 5.35. The van der Waals surface area contributed by atoms with E-state index in [9.17, 15) is 14.9 Å². The summed E-state index contributed by atoms with van der Waals surface area (Å²) < 4.78 is 15.7. The van der Waals surface area contributed by atoms with Crippen LogP contribution in [-0.4, -0.2) is 54.8 Å². The Hall–Kier alpha value is -3.34. The molecule has 0 saturated carbocycles. The number of hydrogen-bond acceptors (Lipinski definition) is 10. The van der Waals surface area contributed by atoms with E-state index >= 15 is 0 Å². The van der Waals surface area contributed by atoms with Crippen LogP contribution >= 0.6 is 11.6 Å². The van der Waals surface area contributed by atoms with Gasteiger partial charge in [0.25, 0.3) is 0 Å². The second-order valence-corrected chi connectivity index (χ2v) is 7.41. The average Bonchev–Trinajstić information content (AvgIpc) is 2.79. The van der Waals surface area contributed by atoms with Crippen molar-refractivity contribution in [2.45, 2.75) is 19.8 Å². The number of carbonyl (C=O) groups is 1. The molecule has 0 bridgehead atoms. The van der Waals surface area contributed by atoms with Crippen molar-refractivity contribution in [3.63, 3.8) is 0 Å². The van der Waals surface area contributed by atoms with Gasteiger partial charge in [0.1, 0.15) is 17.8 Å². The molecule has 1 saturated heterocycles. The standard InChI is InChI=1S/C20H24ClN5O6/c1-4-32-20(27)12-6-5-7-25(10-12)19-17(26(28)29)18(22-11-23-19)24-14-8-13(21)15(30-2)9-16(14)31-3/h8-9,11-12H,4-7,10H2,1-3H3,(H,22,23,24). The third kappa shape index (κ3) is 4.93. The highest BCUT2D eigenvalue weighted by atomic mass is 35.5. The second-order valence-electron chi connectivity index (χ2n) is 7.00. The Morgan fingerprint density at radius 1 is 1.31 bits per heavy atom. The first kappa shape index (κ1) is 23.3. The number of aromatic nitrogens is 2. The predicted octanol–water partition coefficient (Wildman–Crippen LogP) is 3.58. The average molecular weight is 466 g/mol. The quantitative estimate of drug-likeness (QED) is 0.350. The van der Waals surface area contributed by atoms with Crippen LogP contribution in [0.1, 0.15) is 19.8 Å². The summed E-state index contributed by atoms with van der Waals surface area (Å²) >= 11 is 6.21. The molecule has 0 radical (unpaired) electrons. The lowest BCUT2D eigenvalue weighted by Crippen LogP contribution is -2.40. The summed E-state index contributed by atoms with van der Waals surface area (Å²) in [5.74, 6) is 0.157. The van der Waals surface area contributed by atoms with Gasteiger partial charge in [0, 0.05) is 19.2 Å². The number of ether oxygens (including phenoxy) is 3. The van der Waals surface area contributed by atoms with Crippen LogP contribution in [0.25, 0.3) is 0 Å². The summed E-state index contributed by atoms with van der Waals surface area (Å²) in [5, 5.41) is 15.2. The highest BCUT2D eigenvalue weighted by Gasteiger charge is 2.33. The molecule has 32 heavy (non-hydrogen) atoms. The highest BCUT2D eigenvalue weighted by molar-refractivity contribution is 6.32. The minimum Gasteiger partial charge on any atom is -0.495 e. The Kier molecular flexibility index (Phi) is 7.52. The van der Waals surface area contributed by atoms with Crippen LogP contribution in [0, 0.1) is 16.0 Å². The van der Waals surface area contributed by atoms with E-state index in [1.807, 2.05) is 0 Å². The van der Waals surface area contributed by atoms with Gasteiger partial charge in [-0.1, -0.05) is 11.6 Å². The van der Waals surface area contributed by atoms with Crippen molar-refractivity contribution in [2.24, 2.45) is 5.92 Å². The first-order valence-corrected chi connectivity index (χ1v) is 10.4. The van der Waals surface area contributed by atoms with Gasteiger partial charge in [0.05, 0.1) is 42.4 Å². The molecule has 3 rings (SSSR count). The smallest absolute Gasteiger partial charge is 0.353 e. The summed E-state index contributed by atoms with van der Waals surface area (Å²) in [6, 6.07) is 3.09. The molecule has 1 aliphatic heterocycles. The van der Waals surface area contributed by atoms with Crippen LogP contribution in [-0.2, 0) is 9.53 Å². The normalized spacial score (nSPS) is 15.8. The van der Waals surface area contributed by atoms with Gasteiger partial charge in [0.15, 0.2) is 0 Å². The minimum atomic E-state index is -0.552. The molecule has 2 heterocycles. The Labute approximate surface area is 189 Å². The van der Waals surface area contributed by atoms with Crippen LogP contribution in [0.3, 0.4) is 0 Å². The van der Waals surface area contributed by atoms with Crippen molar-refractivity contribution in [1.82, 2.24) is 9.97 Å². The number of nitrogens with one attached hydrogen (secondary N) is 1. The minimum absolute atomic E-state index is 0.0298. The van der Waals surface area contributed by atoms with E-state index in [2.05, 4.69) is 15.3 Å². The monoisotopic (exact) mass is 465 g/mol. The maximum atomic E-state index is 12.2. The van der Waals surface area contributed by atoms with Crippen LogP contribution in [0.15, 0.2) is 18.5 Å². The molecule has 1 atom stereocenters. The van der Waals surface area contributed by atoms with Gasteiger partial charge in [-0.3, -0.25) is 14.9 Å². The second kappa shape index (κ2) is 10.3. The fourth-order valence-electron chi connectivity index (χ4n) is 3.57. The first-order valence-electron chi connectivity index (χ1n) is 9.99. The number of esters is 1. The van der Waals surface area contributed by atoms with Crippen molar-refractivity contribution in [3.05, 3.63) is 33.6 Å². The molecule has 1 fully saturated rings. The zero-order valence-electron chi connectivity index (χ0n) is 18.0. The van der Waals surface area contributed by atoms with Crippen molar-refractivity contribution in [1.29, 1.82) is 0 Å². The molecule has 2 aromatic rings. The molecular weight excluding hydrogens is 442 g/mol. The summed E-state index contributed by atoms with van der Waals surface area (Å²) in [7, 11) is 2.93. The van der Waals surface area contributed by atoms with Gasteiger partial charge < -0.3 is 24.4 Å². The lowest BCUT2D eigenvalue weighted by atomic mass is 9.98. The highest BCUT2D eigenvalue weighted by Crippen LogP contribution is 2.40. The number of halogens is 1. The topological polar surface area (TPSA) is 129 Å². The van der Waals surface area contributed by atoms with E-state index in [4.69, 9.17) is 25.8 Å². The zero-order valence-corrected chi connectivity index (χ0v) is 18.7. The number of anilines is 3. The van der Waals surface area contributed by atoms with Crippen LogP contribution < -0.4 is 19.7 Å². The van der Waals surface area contributed by atoms with E-state index in [1.165, 1.54) is 26.6 Å². The Morgan fingerprint density at radius 3 is 2.72 bits per heavy atom. The molecule has 1 aromatic carbocycles. The number of nitrogens with zero attached hydrogens (tertiary/aromatic N) is 4. The maximum absolute atomic E-state index is 12.2. The van der Waals surface area contributed by atoms with Crippen LogP contribution in [0.5, 0.6) is 11.5 Å². The van der Waals surface area contributed by atoms with E-state index < -0.39 is 4.92 Å². The first-order chi connectivity index (χ1) is 15.4. The lowest BCUT2D eigenvalue weighted by Gasteiger charge is -2.32. The molecule has 1 unspecified atom stereocenters. The molecule has 172 valence electrons. The van der Waals surface area contributed by atoms with Crippen molar-refractivity contribution >= 4 is 40.6 Å². The molecule has 11 nitrogen and oxygen atoms in total. The van der Waals surface area contributed by atoms with E-state index in [0.29, 0.717) is 41.6 Å².